The minimum atomic E-state index is -3.43. The van der Waals surface area contributed by atoms with Crippen molar-refractivity contribution < 1.29 is 8.42 Å². The maximum Gasteiger partial charge on any atom is 0.240 e. The first kappa shape index (κ1) is 12.7. The Hall–Kier alpha value is -0.720. The maximum absolute atomic E-state index is 12.1. The molecule has 1 aromatic rings. The van der Waals surface area contributed by atoms with Crippen LogP contribution < -0.4 is 10.5 Å². The summed E-state index contributed by atoms with van der Waals surface area (Å²) in [5.74, 6) is 1.97. The molecule has 1 aliphatic rings. The van der Waals surface area contributed by atoms with E-state index in [0.717, 1.165) is 24.3 Å². The van der Waals surface area contributed by atoms with Crippen LogP contribution in [0.4, 0.5) is 5.69 Å². The highest BCUT2D eigenvalue weighted by Crippen LogP contribution is 2.20. The number of sulfonamides is 1. The molecule has 1 atom stereocenters. The van der Waals surface area contributed by atoms with Gasteiger partial charge in [-0.25, -0.2) is 13.1 Å². The third-order valence-electron chi connectivity index (χ3n) is 2.65. The van der Waals surface area contributed by atoms with Gasteiger partial charge in [0, 0.05) is 17.5 Å². The number of hydrogen-bond acceptors (Lipinski definition) is 4. The van der Waals surface area contributed by atoms with E-state index in [2.05, 4.69) is 4.72 Å². The van der Waals surface area contributed by atoms with Gasteiger partial charge in [-0.05, 0) is 36.8 Å². The highest BCUT2D eigenvalue weighted by Gasteiger charge is 2.21. The molecule has 0 bridgehead atoms. The first-order chi connectivity index (χ1) is 8.08. The number of anilines is 1. The molecule has 1 fully saturated rings. The van der Waals surface area contributed by atoms with Gasteiger partial charge in [-0.3, -0.25) is 0 Å². The first-order valence-electron chi connectivity index (χ1n) is 5.53. The van der Waals surface area contributed by atoms with Crippen molar-refractivity contribution in [2.45, 2.75) is 23.8 Å². The second kappa shape index (κ2) is 5.29. The molecule has 1 saturated heterocycles. The van der Waals surface area contributed by atoms with E-state index in [1.54, 1.807) is 30.0 Å². The molecular formula is C11H16N2O2S2. The van der Waals surface area contributed by atoms with Gasteiger partial charge >= 0.3 is 0 Å². The molecule has 0 aromatic heterocycles. The standard InChI is InChI=1S/C11H16N2O2S2/c12-9-3-1-5-11(7-9)17(14,15)13-10-4-2-6-16-8-10/h1,3,5,7,10,13H,2,4,6,8,12H2. The van der Waals surface area contributed by atoms with E-state index in [4.69, 9.17) is 5.73 Å². The van der Waals surface area contributed by atoms with Crippen LogP contribution in [0.5, 0.6) is 0 Å². The van der Waals surface area contributed by atoms with E-state index >= 15 is 0 Å². The molecule has 94 valence electrons. The summed E-state index contributed by atoms with van der Waals surface area (Å²) in [4.78, 5) is 0.244. The largest absolute Gasteiger partial charge is 0.399 e. The lowest BCUT2D eigenvalue weighted by atomic mass is 10.2. The van der Waals surface area contributed by atoms with E-state index in [1.165, 1.54) is 6.07 Å². The summed E-state index contributed by atoms with van der Waals surface area (Å²) in [7, 11) is -3.43. The Kier molecular flexibility index (Phi) is 3.96. The Bertz CT molecular complexity index is 482. The maximum atomic E-state index is 12.1. The third-order valence-corrected chi connectivity index (χ3v) is 5.38. The normalized spacial score (nSPS) is 21.3. The average Bonchev–Trinajstić information content (AvgIpc) is 2.30. The molecule has 0 amide bonds. The average molecular weight is 272 g/mol. The summed E-state index contributed by atoms with van der Waals surface area (Å²) < 4.78 is 26.9. The molecule has 1 aromatic carbocycles. The summed E-state index contributed by atoms with van der Waals surface area (Å²) in [5, 5.41) is 0. The quantitative estimate of drug-likeness (QED) is 0.817. The van der Waals surface area contributed by atoms with Crippen LogP contribution in [0.1, 0.15) is 12.8 Å². The van der Waals surface area contributed by atoms with Gasteiger partial charge in [-0.15, -0.1) is 0 Å². The number of hydrogen-bond donors (Lipinski definition) is 2. The van der Waals surface area contributed by atoms with Crippen molar-refractivity contribution >= 4 is 27.5 Å². The van der Waals surface area contributed by atoms with Crippen molar-refractivity contribution in [3.63, 3.8) is 0 Å². The monoisotopic (exact) mass is 272 g/mol. The fraction of sp³-hybridized carbons (Fsp3) is 0.455. The van der Waals surface area contributed by atoms with E-state index < -0.39 is 10.0 Å². The minimum absolute atomic E-state index is 0.0418. The molecule has 1 unspecified atom stereocenters. The molecule has 3 N–H and O–H groups in total. The zero-order chi connectivity index (χ0) is 12.3. The molecule has 2 rings (SSSR count). The lowest BCUT2D eigenvalue weighted by Gasteiger charge is -2.22. The first-order valence-corrected chi connectivity index (χ1v) is 8.17. The van der Waals surface area contributed by atoms with Crippen LogP contribution in [0.15, 0.2) is 29.2 Å². The van der Waals surface area contributed by atoms with E-state index in [0.29, 0.717) is 5.69 Å². The van der Waals surface area contributed by atoms with Crippen molar-refractivity contribution in [2.75, 3.05) is 17.2 Å². The van der Waals surface area contributed by atoms with Crippen LogP contribution >= 0.6 is 11.8 Å². The van der Waals surface area contributed by atoms with Gasteiger partial charge in [0.05, 0.1) is 4.90 Å². The van der Waals surface area contributed by atoms with Gasteiger partial charge in [0.15, 0.2) is 0 Å². The van der Waals surface area contributed by atoms with Crippen LogP contribution in [-0.4, -0.2) is 26.0 Å². The van der Waals surface area contributed by atoms with Crippen LogP contribution in [0.3, 0.4) is 0 Å². The summed E-state index contributed by atoms with van der Waals surface area (Å²) in [6.07, 6.45) is 1.98. The summed E-state index contributed by atoms with van der Waals surface area (Å²) in [5.41, 5.74) is 6.06. The van der Waals surface area contributed by atoms with Crippen molar-refractivity contribution in [1.82, 2.24) is 4.72 Å². The molecule has 4 nitrogen and oxygen atoms in total. The molecule has 0 saturated carbocycles. The summed E-state index contributed by atoms with van der Waals surface area (Å²) in [6, 6.07) is 6.42. The number of nitrogens with two attached hydrogens (primary N) is 1. The van der Waals surface area contributed by atoms with Gasteiger partial charge < -0.3 is 5.73 Å². The number of rotatable bonds is 3. The zero-order valence-corrected chi connectivity index (χ0v) is 11.1. The highest BCUT2D eigenvalue weighted by molar-refractivity contribution is 7.99. The zero-order valence-electron chi connectivity index (χ0n) is 9.43. The summed E-state index contributed by atoms with van der Waals surface area (Å²) in [6.45, 7) is 0. The van der Waals surface area contributed by atoms with Crippen molar-refractivity contribution in [3.05, 3.63) is 24.3 Å². The molecule has 1 heterocycles. The fourth-order valence-corrected chi connectivity index (χ4v) is 4.31. The lowest BCUT2D eigenvalue weighted by molar-refractivity contribution is 0.543. The minimum Gasteiger partial charge on any atom is -0.399 e. The molecule has 6 heteroatoms. The summed E-state index contributed by atoms with van der Waals surface area (Å²) >= 11 is 1.79. The number of nitrogens with one attached hydrogen (secondary N) is 1. The smallest absolute Gasteiger partial charge is 0.240 e. The van der Waals surface area contributed by atoms with E-state index in [-0.39, 0.29) is 10.9 Å². The van der Waals surface area contributed by atoms with E-state index in [1.807, 2.05) is 0 Å². The molecule has 0 aliphatic carbocycles. The van der Waals surface area contributed by atoms with Gasteiger partial charge in [-0.1, -0.05) is 6.07 Å². The Morgan fingerprint density at radius 2 is 2.24 bits per heavy atom. The second-order valence-corrected chi connectivity index (χ2v) is 6.97. The predicted octanol–water partition coefficient (Wildman–Crippen LogP) is 1.44. The third kappa shape index (κ3) is 3.37. The van der Waals surface area contributed by atoms with Crippen LogP contribution in [0.25, 0.3) is 0 Å². The highest BCUT2D eigenvalue weighted by atomic mass is 32.2. The van der Waals surface area contributed by atoms with Crippen molar-refractivity contribution in [1.29, 1.82) is 0 Å². The van der Waals surface area contributed by atoms with Crippen LogP contribution in [0.2, 0.25) is 0 Å². The van der Waals surface area contributed by atoms with Crippen LogP contribution in [-0.2, 0) is 10.0 Å². The van der Waals surface area contributed by atoms with E-state index in [9.17, 15) is 8.42 Å². The van der Waals surface area contributed by atoms with Gasteiger partial charge in [-0.2, -0.15) is 11.8 Å². The number of nitrogen functional groups attached to an aromatic ring is 1. The van der Waals surface area contributed by atoms with Gasteiger partial charge in [0.25, 0.3) is 0 Å². The molecule has 0 radical (unpaired) electrons. The molecular weight excluding hydrogens is 256 g/mol. The molecule has 0 spiro atoms. The molecule has 17 heavy (non-hydrogen) atoms. The Balaban J connectivity index is 2.13. The number of benzene rings is 1. The van der Waals surface area contributed by atoms with Crippen molar-refractivity contribution in [3.8, 4) is 0 Å². The second-order valence-electron chi connectivity index (χ2n) is 4.11. The SMILES string of the molecule is Nc1cccc(S(=O)(=O)NC2CCCSC2)c1. The lowest BCUT2D eigenvalue weighted by Crippen LogP contribution is -2.38. The molecule has 1 aliphatic heterocycles. The fourth-order valence-electron chi connectivity index (χ4n) is 1.80. The Labute approximate surface area is 106 Å². The van der Waals surface area contributed by atoms with Crippen molar-refractivity contribution in [2.24, 2.45) is 0 Å². The predicted molar refractivity (Wildman–Crippen MR) is 71.5 cm³/mol. The Morgan fingerprint density at radius 1 is 1.41 bits per heavy atom. The Morgan fingerprint density at radius 3 is 2.88 bits per heavy atom. The topological polar surface area (TPSA) is 72.2 Å². The van der Waals surface area contributed by atoms with Gasteiger partial charge in [0.2, 0.25) is 10.0 Å². The van der Waals surface area contributed by atoms with Crippen LogP contribution in [0, 0.1) is 0 Å². The van der Waals surface area contributed by atoms with Gasteiger partial charge in [0.1, 0.15) is 0 Å². The number of thioether (sulfide) groups is 1.